The zero-order valence-corrected chi connectivity index (χ0v) is 11.0. The second-order valence-corrected chi connectivity index (χ2v) is 4.16. The predicted octanol–water partition coefficient (Wildman–Crippen LogP) is 1.60. The molecule has 0 fully saturated rings. The summed E-state index contributed by atoms with van der Waals surface area (Å²) < 4.78 is 5.02. The topological polar surface area (TPSA) is 73.1 Å². The molecule has 0 atom stereocenters. The molecule has 0 aliphatic rings. The van der Waals surface area contributed by atoms with Crippen molar-refractivity contribution in [1.29, 1.82) is 0 Å². The second-order valence-electron chi connectivity index (χ2n) is 4.16. The van der Waals surface area contributed by atoms with E-state index in [0.29, 0.717) is 24.8 Å². The van der Waals surface area contributed by atoms with Crippen LogP contribution in [-0.4, -0.2) is 23.6 Å². The molecule has 0 aliphatic carbocycles. The van der Waals surface area contributed by atoms with Gasteiger partial charge < -0.3 is 15.8 Å². The highest BCUT2D eigenvalue weighted by atomic mass is 16.5. The summed E-state index contributed by atoms with van der Waals surface area (Å²) in [5.41, 5.74) is 7.96. The van der Waals surface area contributed by atoms with Gasteiger partial charge in [-0.05, 0) is 24.1 Å². The molecule has 0 bridgehead atoms. The van der Waals surface area contributed by atoms with Crippen molar-refractivity contribution < 1.29 is 4.74 Å². The molecule has 0 saturated heterocycles. The summed E-state index contributed by atoms with van der Waals surface area (Å²) in [7, 11) is 1.57. The third-order valence-corrected chi connectivity index (χ3v) is 2.75. The Bertz CT molecular complexity index is 513. The van der Waals surface area contributed by atoms with Crippen LogP contribution in [0.2, 0.25) is 0 Å². The number of aromatic nitrogens is 2. The molecule has 19 heavy (non-hydrogen) atoms. The minimum Gasteiger partial charge on any atom is -0.480 e. The van der Waals surface area contributed by atoms with Gasteiger partial charge in [0.25, 0.3) is 0 Å². The highest BCUT2D eigenvalue weighted by Crippen LogP contribution is 2.10. The first-order valence-electron chi connectivity index (χ1n) is 6.19. The molecule has 0 unspecified atom stereocenters. The highest BCUT2D eigenvalue weighted by molar-refractivity contribution is 5.35. The van der Waals surface area contributed by atoms with Gasteiger partial charge in [0, 0.05) is 6.54 Å². The Hall–Kier alpha value is -2.14. The summed E-state index contributed by atoms with van der Waals surface area (Å²) in [5.74, 6) is 1.20. The summed E-state index contributed by atoms with van der Waals surface area (Å²) in [5, 5.41) is 3.21. The Balaban J connectivity index is 1.94. The Labute approximate surface area is 112 Å². The fraction of sp³-hybridized carbons (Fsp3) is 0.286. The van der Waals surface area contributed by atoms with Crippen molar-refractivity contribution >= 4 is 5.82 Å². The van der Waals surface area contributed by atoms with E-state index >= 15 is 0 Å². The van der Waals surface area contributed by atoms with Crippen LogP contribution in [0.5, 0.6) is 5.88 Å². The van der Waals surface area contributed by atoms with Gasteiger partial charge in [0.05, 0.1) is 19.5 Å². The van der Waals surface area contributed by atoms with Gasteiger partial charge in [-0.3, -0.25) is 4.98 Å². The molecule has 2 rings (SSSR count). The molecule has 5 nitrogen and oxygen atoms in total. The lowest BCUT2D eigenvalue weighted by Crippen LogP contribution is -2.04. The van der Waals surface area contributed by atoms with E-state index in [9.17, 15) is 0 Å². The largest absolute Gasteiger partial charge is 0.480 e. The van der Waals surface area contributed by atoms with E-state index in [2.05, 4.69) is 39.6 Å². The molecule has 3 N–H and O–H groups in total. The molecule has 1 heterocycles. The quantitative estimate of drug-likeness (QED) is 0.823. The molecule has 5 heteroatoms. The molecule has 0 radical (unpaired) electrons. The van der Waals surface area contributed by atoms with Crippen molar-refractivity contribution in [2.45, 2.75) is 13.0 Å². The first kappa shape index (κ1) is 13.3. The number of rotatable bonds is 6. The van der Waals surface area contributed by atoms with Gasteiger partial charge in [0.1, 0.15) is 5.82 Å². The number of benzene rings is 1. The Morgan fingerprint density at radius 1 is 1.16 bits per heavy atom. The minimum absolute atomic E-state index is 0.503. The average Bonchev–Trinajstić information content (AvgIpc) is 2.47. The standard InChI is InChI=1S/C14H18N4O/c1-19-14-10-16-9-13(18-14)17-8-12-4-2-11(3-5-12)6-7-15/h2-5,9-10H,6-8,15H2,1H3,(H,17,18). The maximum absolute atomic E-state index is 5.52. The fourth-order valence-electron chi connectivity index (χ4n) is 1.71. The van der Waals surface area contributed by atoms with Crippen LogP contribution in [0.4, 0.5) is 5.82 Å². The van der Waals surface area contributed by atoms with Crippen molar-refractivity contribution in [3.8, 4) is 5.88 Å². The molecule has 1 aromatic carbocycles. The van der Waals surface area contributed by atoms with Crippen LogP contribution >= 0.6 is 0 Å². The highest BCUT2D eigenvalue weighted by Gasteiger charge is 1.99. The number of nitrogens with one attached hydrogen (secondary N) is 1. The fourth-order valence-corrected chi connectivity index (χ4v) is 1.71. The molecular formula is C14H18N4O. The zero-order valence-electron chi connectivity index (χ0n) is 11.0. The predicted molar refractivity (Wildman–Crippen MR) is 75.1 cm³/mol. The van der Waals surface area contributed by atoms with E-state index in [1.54, 1.807) is 19.5 Å². The summed E-state index contributed by atoms with van der Waals surface area (Å²) in [6, 6.07) is 8.37. The molecule has 0 saturated carbocycles. The van der Waals surface area contributed by atoms with Crippen LogP contribution < -0.4 is 15.8 Å². The van der Waals surface area contributed by atoms with E-state index in [0.717, 1.165) is 6.42 Å². The Kier molecular flexibility index (Phi) is 4.69. The molecule has 100 valence electrons. The normalized spacial score (nSPS) is 10.2. The molecule has 1 aromatic heterocycles. The van der Waals surface area contributed by atoms with Gasteiger partial charge in [0.15, 0.2) is 0 Å². The van der Waals surface area contributed by atoms with Crippen LogP contribution in [0.25, 0.3) is 0 Å². The van der Waals surface area contributed by atoms with E-state index in [-0.39, 0.29) is 0 Å². The van der Waals surface area contributed by atoms with Crippen molar-refractivity contribution in [2.75, 3.05) is 19.0 Å². The third-order valence-electron chi connectivity index (χ3n) is 2.75. The van der Waals surface area contributed by atoms with Gasteiger partial charge in [-0.1, -0.05) is 24.3 Å². The smallest absolute Gasteiger partial charge is 0.233 e. The van der Waals surface area contributed by atoms with Crippen LogP contribution in [0.3, 0.4) is 0 Å². The molecule has 0 amide bonds. The number of methoxy groups -OCH3 is 1. The number of ether oxygens (including phenoxy) is 1. The first-order valence-corrected chi connectivity index (χ1v) is 6.19. The van der Waals surface area contributed by atoms with Crippen LogP contribution in [0, 0.1) is 0 Å². The van der Waals surface area contributed by atoms with Gasteiger partial charge >= 0.3 is 0 Å². The summed E-state index contributed by atoms with van der Waals surface area (Å²) >= 11 is 0. The number of hydrogen-bond acceptors (Lipinski definition) is 5. The minimum atomic E-state index is 0.503. The number of hydrogen-bond donors (Lipinski definition) is 2. The Morgan fingerprint density at radius 3 is 2.58 bits per heavy atom. The van der Waals surface area contributed by atoms with E-state index < -0.39 is 0 Å². The third kappa shape index (κ3) is 3.93. The average molecular weight is 258 g/mol. The van der Waals surface area contributed by atoms with E-state index in [1.165, 1.54) is 11.1 Å². The van der Waals surface area contributed by atoms with Gasteiger partial charge in [0.2, 0.25) is 5.88 Å². The molecular weight excluding hydrogens is 240 g/mol. The maximum Gasteiger partial charge on any atom is 0.233 e. The van der Waals surface area contributed by atoms with Crippen molar-refractivity contribution in [1.82, 2.24) is 9.97 Å². The zero-order chi connectivity index (χ0) is 13.5. The van der Waals surface area contributed by atoms with Crippen molar-refractivity contribution in [2.24, 2.45) is 5.73 Å². The SMILES string of the molecule is COc1cncc(NCc2ccc(CCN)cc2)n1. The van der Waals surface area contributed by atoms with Crippen molar-refractivity contribution in [3.63, 3.8) is 0 Å². The first-order chi connectivity index (χ1) is 9.31. The summed E-state index contributed by atoms with van der Waals surface area (Å²) in [6.45, 7) is 1.38. The van der Waals surface area contributed by atoms with Crippen molar-refractivity contribution in [3.05, 3.63) is 47.8 Å². The van der Waals surface area contributed by atoms with Gasteiger partial charge in [-0.2, -0.15) is 4.98 Å². The molecule has 2 aromatic rings. The summed E-state index contributed by atoms with van der Waals surface area (Å²) in [6.07, 6.45) is 4.16. The second kappa shape index (κ2) is 6.70. The van der Waals surface area contributed by atoms with Gasteiger partial charge in [-0.15, -0.1) is 0 Å². The van der Waals surface area contributed by atoms with Crippen LogP contribution in [0.15, 0.2) is 36.7 Å². The summed E-state index contributed by atoms with van der Waals surface area (Å²) in [4.78, 5) is 8.28. The number of nitrogens with two attached hydrogens (primary N) is 1. The monoisotopic (exact) mass is 258 g/mol. The maximum atomic E-state index is 5.52. The number of anilines is 1. The lowest BCUT2D eigenvalue weighted by molar-refractivity contribution is 0.396. The lowest BCUT2D eigenvalue weighted by atomic mass is 10.1. The van der Waals surface area contributed by atoms with Crippen LogP contribution in [-0.2, 0) is 13.0 Å². The van der Waals surface area contributed by atoms with E-state index in [4.69, 9.17) is 10.5 Å². The molecule has 0 aliphatic heterocycles. The Morgan fingerprint density at radius 2 is 1.89 bits per heavy atom. The van der Waals surface area contributed by atoms with Gasteiger partial charge in [-0.25, -0.2) is 0 Å². The van der Waals surface area contributed by atoms with Crippen LogP contribution in [0.1, 0.15) is 11.1 Å². The lowest BCUT2D eigenvalue weighted by Gasteiger charge is -2.07. The number of nitrogens with zero attached hydrogens (tertiary/aromatic N) is 2. The molecule has 0 spiro atoms. The van der Waals surface area contributed by atoms with E-state index in [1.807, 2.05) is 0 Å².